The molecule has 0 spiro atoms. The van der Waals surface area contributed by atoms with Gasteiger partial charge in [0.05, 0.1) is 11.2 Å². The van der Waals surface area contributed by atoms with Gasteiger partial charge in [0.1, 0.15) is 0 Å². The Bertz CT molecular complexity index is 626. The first-order chi connectivity index (χ1) is 8.51. The Balaban J connectivity index is 2.94. The van der Waals surface area contributed by atoms with Crippen LogP contribution in [-0.4, -0.2) is 11.6 Å². The Kier molecular flexibility index (Phi) is 3.16. The number of fused-ring (bicyclic) bond motifs is 1. The summed E-state index contributed by atoms with van der Waals surface area (Å²) in [4.78, 5) is 12.2. The molecule has 0 fully saturated rings. The van der Waals surface area contributed by atoms with Gasteiger partial charge < -0.3 is 9.88 Å². The normalized spacial score (nSPS) is 11.8. The lowest BCUT2D eigenvalue weighted by Gasteiger charge is -2.28. The first-order valence-electron chi connectivity index (χ1n) is 6.34. The van der Waals surface area contributed by atoms with Crippen molar-refractivity contribution in [2.75, 3.05) is 12.4 Å². The molecule has 3 heteroatoms. The molecule has 1 heterocycles. The van der Waals surface area contributed by atoms with Gasteiger partial charge in [-0.25, -0.2) is 0 Å². The van der Waals surface area contributed by atoms with E-state index in [0.717, 1.165) is 23.0 Å². The lowest BCUT2D eigenvalue weighted by atomic mass is 9.99. The van der Waals surface area contributed by atoms with Crippen molar-refractivity contribution in [3.63, 3.8) is 0 Å². The maximum Gasteiger partial charge on any atom is 0.251 e. The first-order valence-corrected chi connectivity index (χ1v) is 6.34. The van der Waals surface area contributed by atoms with Crippen molar-refractivity contribution in [2.24, 2.45) is 0 Å². The summed E-state index contributed by atoms with van der Waals surface area (Å²) in [6, 6.07) is 9.59. The van der Waals surface area contributed by atoms with Crippen molar-refractivity contribution < 1.29 is 0 Å². The SMILES string of the molecule is CCC(C)(C)n1c(=O)ccc2cccc(NC)c21. The zero-order chi connectivity index (χ0) is 13.3. The molecule has 0 atom stereocenters. The fourth-order valence-electron chi connectivity index (χ4n) is 2.25. The maximum absolute atomic E-state index is 12.2. The Morgan fingerprint density at radius 2 is 1.94 bits per heavy atom. The topological polar surface area (TPSA) is 34.0 Å². The summed E-state index contributed by atoms with van der Waals surface area (Å²) in [5, 5.41) is 4.26. The molecule has 1 N–H and O–H groups in total. The molecule has 0 aliphatic rings. The monoisotopic (exact) mass is 244 g/mol. The number of aromatic nitrogens is 1. The van der Waals surface area contributed by atoms with Crippen LogP contribution in [0.1, 0.15) is 27.2 Å². The second-order valence-corrected chi connectivity index (χ2v) is 5.17. The summed E-state index contributed by atoms with van der Waals surface area (Å²) >= 11 is 0. The van der Waals surface area contributed by atoms with Crippen LogP contribution in [0.25, 0.3) is 10.9 Å². The number of benzene rings is 1. The molecule has 0 unspecified atom stereocenters. The van der Waals surface area contributed by atoms with Gasteiger partial charge in [0.2, 0.25) is 0 Å². The molecule has 0 aliphatic carbocycles. The predicted octanol–water partition coefficient (Wildman–Crippen LogP) is 3.19. The highest BCUT2D eigenvalue weighted by Gasteiger charge is 2.22. The Morgan fingerprint density at radius 1 is 1.22 bits per heavy atom. The summed E-state index contributed by atoms with van der Waals surface area (Å²) < 4.78 is 1.90. The van der Waals surface area contributed by atoms with Crippen molar-refractivity contribution in [3.05, 3.63) is 40.7 Å². The van der Waals surface area contributed by atoms with Crippen molar-refractivity contribution in [2.45, 2.75) is 32.7 Å². The number of nitrogens with zero attached hydrogens (tertiary/aromatic N) is 1. The van der Waals surface area contributed by atoms with Crippen LogP contribution in [0, 0.1) is 0 Å². The van der Waals surface area contributed by atoms with Crippen LogP contribution in [0.4, 0.5) is 5.69 Å². The molecule has 18 heavy (non-hydrogen) atoms. The molecular weight excluding hydrogens is 224 g/mol. The Hall–Kier alpha value is -1.77. The molecule has 0 radical (unpaired) electrons. The van der Waals surface area contributed by atoms with E-state index >= 15 is 0 Å². The highest BCUT2D eigenvalue weighted by molar-refractivity contribution is 5.90. The van der Waals surface area contributed by atoms with E-state index in [1.165, 1.54) is 0 Å². The number of rotatable bonds is 3. The molecule has 1 aromatic carbocycles. The largest absolute Gasteiger partial charge is 0.386 e. The number of anilines is 1. The predicted molar refractivity (Wildman–Crippen MR) is 77.4 cm³/mol. The minimum absolute atomic E-state index is 0.0528. The highest BCUT2D eigenvalue weighted by atomic mass is 16.1. The summed E-state index contributed by atoms with van der Waals surface area (Å²) in [5.74, 6) is 0. The van der Waals surface area contributed by atoms with Gasteiger partial charge in [0.15, 0.2) is 0 Å². The maximum atomic E-state index is 12.2. The molecule has 1 aromatic heterocycles. The fraction of sp³-hybridized carbons (Fsp3) is 0.400. The number of hydrogen-bond acceptors (Lipinski definition) is 2. The third-order valence-corrected chi connectivity index (χ3v) is 3.66. The van der Waals surface area contributed by atoms with Gasteiger partial charge in [-0.15, -0.1) is 0 Å². The molecule has 0 saturated heterocycles. The Labute approximate surface area is 107 Å². The zero-order valence-corrected chi connectivity index (χ0v) is 11.4. The van der Waals surface area contributed by atoms with Gasteiger partial charge in [-0.1, -0.05) is 19.1 Å². The molecule has 0 bridgehead atoms. The van der Waals surface area contributed by atoms with E-state index in [1.807, 2.05) is 35.9 Å². The second-order valence-electron chi connectivity index (χ2n) is 5.17. The first kappa shape index (κ1) is 12.7. The number of para-hydroxylation sites is 1. The third kappa shape index (κ3) is 1.90. The molecule has 96 valence electrons. The molecule has 0 saturated carbocycles. The molecule has 2 aromatic rings. The standard InChI is InChI=1S/C15H20N2O/c1-5-15(2,3)17-13(18)10-9-11-7-6-8-12(16-4)14(11)17/h6-10,16H,5H2,1-4H3. The number of nitrogens with one attached hydrogen (secondary N) is 1. The van der Waals surface area contributed by atoms with Gasteiger partial charge >= 0.3 is 0 Å². The van der Waals surface area contributed by atoms with E-state index in [9.17, 15) is 4.79 Å². The smallest absolute Gasteiger partial charge is 0.251 e. The van der Waals surface area contributed by atoms with E-state index in [4.69, 9.17) is 0 Å². The number of hydrogen-bond donors (Lipinski definition) is 1. The quantitative estimate of drug-likeness (QED) is 0.899. The van der Waals surface area contributed by atoms with Crippen molar-refractivity contribution >= 4 is 16.6 Å². The lowest BCUT2D eigenvalue weighted by Crippen LogP contribution is -2.35. The Morgan fingerprint density at radius 3 is 2.56 bits per heavy atom. The van der Waals surface area contributed by atoms with E-state index in [1.54, 1.807) is 6.07 Å². The van der Waals surface area contributed by atoms with E-state index in [-0.39, 0.29) is 11.1 Å². The van der Waals surface area contributed by atoms with Gasteiger partial charge in [0.25, 0.3) is 5.56 Å². The summed E-state index contributed by atoms with van der Waals surface area (Å²) in [7, 11) is 1.88. The van der Waals surface area contributed by atoms with E-state index in [0.29, 0.717) is 0 Å². The van der Waals surface area contributed by atoms with Crippen molar-refractivity contribution in [1.82, 2.24) is 4.57 Å². The van der Waals surface area contributed by atoms with E-state index < -0.39 is 0 Å². The van der Waals surface area contributed by atoms with Crippen LogP contribution >= 0.6 is 0 Å². The van der Waals surface area contributed by atoms with Crippen molar-refractivity contribution in [1.29, 1.82) is 0 Å². The lowest BCUT2D eigenvalue weighted by molar-refractivity contribution is 0.344. The molecule has 2 rings (SSSR count). The average Bonchev–Trinajstić information content (AvgIpc) is 2.37. The molecular formula is C15H20N2O. The van der Waals surface area contributed by atoms with Crippen LogP contribution < -0.4 is 10.9 Å². The van der Waals surface area contributed by atoms with Crippen LogP contribution in [0.2, 0.25) is 0 Å². The minimum Gasteiger partial charge on any atom is -0.386 e. The highest BCUT2D eigenvalue weighted by Crippen LogP contribution is 2.28. The van der Waals surface area contributed by atoms with Crippen molar-refractivity contribution in [3.8, 4) is 0 Å². The van der Waals surface area contributed by atoms with Gasteiger partial charge in [-0.3, -0.25) is 4.79 Å². The van der Waals surface area contributed by atoms with E-state index in [2.05, 4.69) is 26.1 Å². The van der Waals surface area contributed by atoms with Crippen LogP contribution in [-0.2, 0) is 5.54 Å². The zero-order valence-electron chi connectivity index (χ0n) is 11.4. The summed E-state index contributed by atoms with van der Waals surface area (Å²) in [5.41, 5.74) is 1.84. The third-order valence-electron chi connectivity index (χ3n) is 3.66. The summed E-state index contributed by atoms with van der Waals surface area (Å²) in [6.07, 6.45) is 0.907. The molecule has 3 nitrogen and oxygen atoms in total. The van der Waals surface area contributed by atoms with Crippen LogP contribution in [0.5, 0.6) is 0 Å². The second kappa shape index (κ2) is 4.48. The number of pyridine rings is 1. The van der Waals surface area contributed by atoms with Gasteiger partial charge in [0, 0.05) is 24.0 Å². The minimum atomic E-state index is -0.191. The van der Waals surface area contributed by atoms with Gasteiger partial charge in [-0.05, 0) is 32.4 Å². The average molecular weight is 244 g/mol. The summed E-state index contributed by atoms with van der Waals surface area (Å²) in [6.45, 7) is 6.30. The fourth-order valence-corrected chi connectivity index (χ4v) is 2.25. The molecule has 0 amide bonds. The van der Waals surface area contributed by atoms with Gasteiger partial charge in [-0.2, -0.15) is 0 Å². The molecule has 0 aliphatic heterocycles. The van der Waals surface area contributed by atoms with Crippen LogP contribution in [0.3, 0.4) is 0 Å². The van der Waals surface area contributed by atoms with Crippen LogP contribution in [0.15, 0.2) is 35.1 Å².